The summed E-state index contributed by atoms with van der Waals surface area (Å²) in [5, 5.41) is 3.47. The second kappa shape index (κ2) is 5.82. The van der Waals surface area contributed by atoms with Crippen LogP contribution in [0.5, 0.6) is 11.5 Å². The molecule has 1 atom stereocenters. The van der Waals surface area contributed by atoms with Gasteiger partial charge in [0.25, 0.3) is 0 Å². The molecule has 2 nitrogen and oxygen atoms in total. The topological polar surface area (TPSA) is 21.3 Å². The quantitative estimate of drug-likeness (QED) is 0.834. The zero-order valence-corrected chi connectivity index (χ0v) is 10.9. The Hall–Kier alpha value is -1.23. The fraction of sp³-hybridized carbons (Fsp3) is 0.571. The van der Waals surface area contributed by atoms with E-state index in [0.29, 0.717) is 0 Å². The van der Waals surface area contributed by atoms with Crippen molar-refractivity contribution >= 4 is 0 Å². The van der Waals surface area contributed by atoms with Gasteiger partial charge in [0.2, 0.25) is 0 Å². The van der Waals surface area contributed by atoms with Gasteiger partial charge in [-0.3, -0.25) is 0 Å². The lowest BCUT2D eigenvalue weighted by Crippen LogP contribution is -2.32. The molecule has 1 fully saturated rings. The van der Waals surface area contributed by atoms with E-state index in [1.807, 2.05) is 0 Å². The van der Waals surface area contributed by atoms with Gasteiger partial charge in [-0.05, 0) is 37.9 Å². The molecule has 1 aromatic carbocycles. The van der Waals surface area contributed by atoms with Crippen molar-refractivity contribution in [2.45, 2.75) is 44.8 Å². The molecule has 1 aromatic rings. The molecule has 0 amide bonds. The first kappa shape index (κ1) is 14.2. The lowest BCUT2D eigenvalue weighted by atomic mass is 10.0. The number of fused-ring (bicyclic) bond motifs is 2. The van der Waals surface area contributed by atoms with Gasteiger partial charge >= 0.3 is 6.18 Å². The fourth-order valence-corrected chi connectivity index (χ4v) is 2.31. The highest BCUT2D eigenvalue weighted by molar-refractivity contribution is 5.56. The molecule has 0 saturated carbocycles. The van der Waals surface area contributed by atoms with Gasteiger partial charge in [-0.15, -0.1) is 0 Å². The summed E-state index contributed by atoms with van der Waals surface area (Å²) in [4.78, 5) is 0. The van der Waals surface area contributed by atoms with Crippen molar-refractivity contribution in [2.24, 2.45) is 0 Å². The van der Waals surface area contributed by atoms with Crippen LogP contribution < -0.4 is 10.1 Å². The second-order valence-corrected chi connectivity index (χ2v) is 4.78. The number of hydrogen-bond donors (Lipinski definition) is 1. The van der Waals surface area contributed by atoms with E-state index in [4.69, 9.17) is 0 Å². The summed E-state index contributed by atoms with van der Waals surface area (Å²) < 4.78 is 40.7. The summed E-state index contributed by atoms with van der Waals surface area (Å²) in [5.41, 5.74) is -0.639. The van der Waals surface area contributed by atoms with Crippen molar-refractivity contribution in [1.29, 1.82) is 0 Å². The van der Waals surface area contributed by atoms with Crippen LogP contribution in [-0.4, -0.2) is 12.6 Å². The first-order valence-electron chi connectivity index (χ1n) is 6.64. The highest BCUT2D eigenvalue weighted by Gasteiger charge is 2.43. The Morgan fingerprint density at radius 2 is 1.95 bits per heavy atom. The van der Waals surface area contributed by atoms with Crippen LogP contribution in [0.1, 0.15) is 38.2 Å². The standard InChI is InChI=1S/C7H3F3O.C7H15N/c8-7(9,10)6-4-2-1-3-5(6)11-4;1-2-7-5-3-4-6-8-7/h1-3H;7-8H,2-6H2,1H3. The summed E-state index contributed by atoms with van der Waals surface area (Å²) in [6, 6.07) is 4.97. The van der Waals surface area contributed by atoms with Crippen molar-refractivity contribution < 1.29 is 17.9 Å². The molecule has 0 radical (unpaired) electrons. The van der Waals surface area contributed by atoms with E-state index < -0.39 is 11.7 Å². The summed E-state index contributed by atoms with van der Waals surface area (Å²) >= 11 is 0. The molecule has 3 aliphatic heterocycles. The highest BCUT2D eigenvalue weighted by atomic mass is 19.4. The van der Waals surface area contributed by atoms with Crippen LogP contribution in [0.15, 0.2) is 18.2 Å². The smallest absolute Gasteiger partial charge is 0.423 e. The molecular formula is C14H18F3NO. The van der Waals surface area contributed by atoms with E-state index in [9.17, 15) is 13.2 Å². The predicted octanol–water partition coefficient (Wildman–Crippen LogP) is 4.35. The van der Waals surface area contributed by atoms with Crippen molar-refractivity contribution in [3.8, 4) is 11.5 Å². The van der Waals surface area contributed by atoms with Gasteiger partial charge < -0.3 is 10.1 Å². The van der Waals surface area contributed by atoms with Gasteiger partial charge in [-0.1, -0.05) is 19.4 Å². The largest absolute Gasteiger partial charge is 0.456 e. The molecule has 19 heavy (non-hydrogen) atoms. The summed E-state index contributed by atoms with van der Waals surface area (Å²) in [6.45, 7) is 3.50. The molecule has 0 spiro atoms. The molecule has 5 heteroatoms. The monoisotopic (exact) mass is 273 g/mol. The Bertz CT molecular complexity index is 405. The molecule has 2 bridgehead atoms. The number of benzene rings is 1. The minimum atomic E-state index is -4.27. The van der Waals surface area contributed by atoms with E-state index in [2.05, 4.69) is 17.0 Å². The van der Waals surface area contributed by atoms with Crippen molar-refractivity contribution in [3.05, 3.63) is 23.8 Å². The second-order valence-electron chi connectivity index (χ2n) is 4.78. The SMILES string of the molecule is CCC1CCCCN1.FC(F)(F)c1c2cccc1O2. The van der Waals surface area contributed by atoms with Crippen LogP contribution in [0.4, 0.5) is 13.2 Å². The van der Waals surface area contributed by atoms with Gasteiger partial charge in [0.1, 0.15) is 17.1 Å². The summed E-state index contributed by atoms with van der Waals surface area (Å²) in [6.07, 6.45) is 1.25. The van der Waals surface area contributed by atoms with E-state index in [0.717, 1.165) is 6.04 Å². The fourth-order valence-electron chi connectivity index (χ4n) is 2.31. The van der Waals surface area contributed by atoms with E-state index >= 15 is 0 Å². The van der Waals surface area contributed by atoms with Gasteiger partial charge in [-0.2, -0.15) is 13.2 Å². The molecule has 106 valence electrons. The Kier molecular flexibility index (Phi) is 4.34. The minimum Gasteiger partial charge on any atom is -0.456 e. The molecule has 3 heterocycles. The zero-order chi connectivity index (χ0) is 13.9. The zero-order valence-electron chi connectivity index (χ0n) is 10.9. The lowest BCUT2D eigenvalue weighted by Gasteiger charge is -2.24. The average molecular weight is 273 g/mol. The lowest BCUT2D eigenvalue weighted by molar-refractivity contribution is -0.143. The van der Waals surface area contributed by atoms with Crippen LogP contribution in [0, 0.1) is 0 Å². The molecule has 1 unspecified atom stereocenters. The van der Waals surface area contributed by atoms with Crippen LogP contribution >= 0.6 is 0 Å². The Morgan fingerprint density at radius 3 is 2.26 bits per heavy atom. The number of nitrogens with one attached hydrogen (secondary N) is 1. The molecular weight excluding hydrogens is 255 g/mol. The number of hydrogen-bond acceptors (Lipinski definition) is 2. The Balaban J connectivity index is 0.000000148. The van der Waals surface area contributed by atoms with Crippen LogP contribution in [0.3, 0.4) is 0 Å². The van der Waals surface area contributed by atoms with Crippen molar-refractivity contribution in [2.75, 3.05) is 6.54 Å². The molecule has 0 aliphatic carbocycles. The first-order valence-corrected chi connectivity index (χ1v) is 6.64. The van der Waals surface area contributed by atoms with Crippen molar-refractivity contribution in [3.63, 3.8) is 0 Å². The molecule has 1 saturated heterocycles. The first-order chi connectivity index (χ1) is 9.02. The summed E-state index contributed by atoms with van der Waals surface area (Å²) in [5.74, 6) is -0.148. The maximum Gasteiger partial charge on any atom is 0.423 e. The highest BCUT2D eigenvalue weighted by Crippen LogP contribution is 2.50. The molecule has 3 aliphatic rings. The molecule has 4 rings (SSSR count). The molecule has 0 aromatic heterocycles. The number of halogens is 3. The Labute approximate surface area is 111 Å². The van der Waals surface area contributed by atoms with Gasteiger partial charge in [0.15, 0.2) is 0 Å². The summed E-state index contributed by atoms with van der Waals surface area (Å²) in [7, 11) is 0. The number of alkyl halides is 3. The van der Waals surface area contributed by atoms with E-state index in [1.165, 1.54) is 50.4 Å². The minimum absolute atomic E-state index is 0.0741. The van der Waals surface area contributed by atoms with Crippen LogP contribution in [0.25, 0.3) is 0 Å². The van der Waals surface area contributed by atoms with E-state index in [-0.39, 0.29) is 11.5 Å². The average Bonchev–Trinajstić information content (AvgIpc) is 2.39. The van der Waals surface area contributed by atoms with E-state index in [1.54, 1.807) is 0 Å². The predicted molar refractivity (Wildman–Crippen MR) is 67.5 cm³/mol. The maximum atomic E-state index is 12.0. The third kappa shape index (κ3) is 3.41. The third-order valence-electron chi connectivity index (χ3n) is 3.40. The normalized spacial score (nSPS) is 20.7. The third-order valence-corrected chi connectivity index (χ3v) is 3.40. The van der Waals surface area contributed by atoms with Gasteiger partial charge in [-0.25, -0.2) is 0 Å². The van der Waals surface area contributed by atoms with Gasteiger partial charge in [0, 0.05) is 6.04 Å². The number of piperidine rings is 1. The maximum absolute atomic E-state index is 12.0. The molecule has 1 N–H and O–H groups in total. The van der Waals surface area contributed by atoms with Crippen LogP contribution in [-0.2, 0) is 6.18 Å². The van der Waals surface area contributed by atoms with Crippen molar-refractivity contribution in [1.82, 2.24) is 5.32 Å². The Morgan fingerprint density at radius 1 is 1.26 bits per heavy atom. The van der Waals surface area contributed by atoms with Gasteiger partial charge in [0.05, 0.1) is 0 Å². The number of rotatable bonds is 1. The number of ether oxygens (including phenoxy) is 1. The van der Waals surface area contributed by atoms with Crippen LogP contribution in [0.2, 0.25) is 0 Å².